The lowest BCUT2D eigenvalue weighted by atomic mass is 9.87. The lowest BCUT2D eigenvalue weighted by molar-refractivity contribution is 0.102. The van der Waals surface area contributed by atoms with E-state index in [0.717, 1.165) is 5.56 Å². The zero-order valence-electron chi connectivity index (χ0n) is 16.8. The van der Waals surface area contributed by atoms with Crippen LogP contribution < -0.4 is 5.32 Å². The number of ketones is 1. The Morgan fingerprint density at radius 3 is 2.14 bits per heavy atom. The minimum atomic E-state index is -0.180. The van der Waals surface area contributed by atoms with E-state index in [2.05, 4.69) is 31.1 Å². The van der Waals surface area contributed by atoms with Gasteiger partial charge in [0.1, 0.15) is 0 Å². The molecule has 2 aromatic carbocycles. The van der Waals surface area contributed by atoms with Crippen LogP contribution in [0.25, 0.3) is 6.08 Å². The third-order valence-corrected chi connectivity index (χ3v) is 4.55. The number of anilines is 1. The Hall–Kier alpha value is -3.53. The van der Waals surface area contributed by atoms with E-state index in [4.69, 9.17) is 0 Å². The van der Waals surface area contributed by atoms with Gasteiger partial charge >= 0.3 is 0 Å². The van der Waals surface area contributed by atoms with Gasteiger partial charge in [0.2, 0.25) is 0 Å². The summed E-state index contributed by atoms with van der Waals surface area (Å²) < 4.78 is 0. The van der Waals surface area contributed by atoms with Gasteiger partial charge < -0.3 is 5.32 Å². The SMILES string of the molecule is CC(C)(C)c1ccc(C(=O)Nc2ccc(C(=O)/C=C/c3cccnc3)cc2)cc1. The van der Waals surface area contributed by atoms with Crippen molar-refractivity contribution < 1.29 is 9.59 Å². The second-order valence-corrected chi connectivity index (χ2v) is 7.84. The molecular formula is C25H24N2O2. The van der Waals surface area contributed by atoms with Gasteiger partial charge in [-0.2, -0.15) is 0 Å². The van der Waals surface area contributed by atoms with Crippen LogP contribution in [-0.2, 0) is 5.41 Å². The Bertz CT molecular complexity index is 1010. The number of nitrogens with one attached hydrogen (secondary N) is 1. The third kappa shape index (κ3) is 5.48. The molecule has 0 fully saturated rings. The van der Waals surface area contributed by atoms with Crippen LogP contribution in [0, 0.1) is 0 Å². The highest BCUT2D eigenvalue weighted by atomic mass is 16.1. The number of amides is 1. The molecule has 1 amide bonds. The molecule has 29 heavy (non-hydrogen) atoms. The summed E-state index contributed by atoms with van der Waals surface area (Å²) in [5, 5.41) is 2.86. The number of nitrogens with zero attached hydrogens (tertiary/aromatic N) is 1. The average Bonchev–Trinajstić information content (AvgIpc) is 2.73. The topological polar surface area (TPSA) is 59.1 Å². The quantitative estimate of drug-likeness (QED) is 0.465. The molecule has 1 N–H and O–H groups in total. The second-order valence-electron chi connectivity index (χ2n) is 7.84. The summed E-state index contributed by atoms with van der Waals surface area (Å²) in [7, 11) is 0. The number of carbonyl (C=O) groups excluding carboxylic acids is 2. The van der Waals surface area contributed by atoms with Crippen LogP contribution in [0.15, 0.2) is 79.1 Å². The van der Waals surface area contributed by atoms with Crippen LogP contribution >= 0.6 is 0 Å². The number of hydrogen-bond donors (Lipinski definition) is 1. The van der Waals surface area contributed by atoms with Gasteiger partial charge in [-0.15, -0.1) is 0 Å². The van der Waals surface area contributed by atoms with Gasteiger partial charge in [-0.1, -0.05) is 39.0 Å². The fourth-order valence-corrected chi connectivity index (χ4v) is 2.79. The number of rotatable bonds is 5. The normalized spacial score (nSPS) is 11.4. The molecule has 0 spiro atoms. The molecule has 0 aliphatic carbocycles. The van der Waals surface area contributed by atoms with Crippen molar-refractivity contribution in [1.82, 2.24) is 4.98 Å². The first-order valence-electron chi connectivity index (χ1n) is 9.47. The third-order valence-electron chi connectivity index (χ3n) is 4.55. The molecule has 3 rings (SSSR count). The van der Waals surface area contributed by atoms with E-state index in [1.165, 1.54) is 11.6 Å². The number of allylic oxidation sites excluding steroid dienone is 1. The van der Waals surface area contributed by atoms with E-state index in [-0.39, 0.29) is 17.1 Å². The summed E-state index contributed by atoms with van der Waals surface area (Å²) in [5.41, 5.74) is 3.87. The lowest BCUT2D eigenvalue weighted by Gasteiger charge is -2.19. The van der Waals surface area contributed by atoms with E-state index in [9.17, 15) is 9.59 Å². The Balaban J connectivity index is 1.63. The summed E-state index contributed by atoms with van der Waals surface area (Å²) in [6.07, 6.45) is 6.62. The summed E-state index contributed by atoms with van der Waals surface area (Å²) in [6, 6.07) is 18.2. The van der Waals surface area contributed by atoms with E-state index in [0.29, 0.717) is 16.8 Å². The predicted molar refractivity (Wildman–Crippen MR) is 117 cm³/mol. The van der Waals surface area contributed by atoms with Crippen molar-refractivity contribution in [3.63, 3.8) is 0 Å². The fraction of sp³-hybridized carbons (Fsp3) is 0.160. The minimum absolute atomic E-state index is 0.0445. The maximum atomic E-state index is 12.5. The van der Waals surface area contributed by atoms with Crippen molar-refractivity contribution in [1.29, 1.82) is 0 Å². The van der Waals surface area contributed by atoms with Crippen LogP contribution in [0.4, 0.5) is 5.69 Å². The molecule has 0 saturated carbocycles. The van der Waals surface area contributed by atoms with Crippen LogP contribution in [0.1, 0.15) is 52.6 Å². The largest absolute Gasteiger partial charge is 0.322 e. The van der Waals surface area contributed by atoms with Crippen molar-refractivity contribution in [3.05, 3.63) is 101 Å². The Morgan fingerprint density at radius 1 is 0.897 bits per heavy atom. The number of benzene rings is 2. The molecule has 1 aromatic heterocycles. The van der Waals surface area contributed by atoms with Crippen LogP contribution in [0.2, 0.25) is 0 Å². The van der Waals surface area contributed by atoms with Crippen LogP contribution in [-0.4, -0.2) is 16.7 Å². The van der Waals surface area contributed by atoms with Crippen LogP contribution in [0.5, 0.6) is 0 Å². The standard InChI is InChI=1S/C25H24N2O2/c1-25(2,3)21-11-7-20(8-12-21)24(29)27-22-13-9-19(10-14-22)23(28)15-6-18-5-4-16-26-17-18/h4-17H,1-3H3,(H,27,29)/b15-6+. The number of aromatic nitrogens is 1. The lowest BCUT2D eigenvalue weighted by Crippen LogP contribution is -2.14. The molecule has 0 radical (unpaired) electrons. The molecule has 4 nitrogen and oxygen atoms in total. The van der Waals surface area contributed by atoms with Crippen molar-refractivity contribution >= 4 is 23.5 Å². The van der Waals surface area contributed by atoms with Gasteiger partial charge in [-0.25, -0.2) is 0 Å². The van der Waals surface area contributed by atoms with Gasteiger partial charge in [-0.3, -0.25) is 14.6 Å². The molecule has 0 aliphatic heterocycles. The molecule has 0 bridgehead atoms. The highest BCUT2D eigenvalue weighted by Crippen LogP contribution is 2.22. The van der Waals surface area contributed by atoms with E-state index in [1.807, 2.05) is 36.4 Å². The van der Waals surface area contributed by atoms with Gasteiger partial charge in [-0.05, 0) is 71.2 Å². The predicted octanol–water partition coefficient (Wildman–Crippen LogP) is 5.53. The first kappa shape index (κ1) is 20.2. The maximum absolute atomic E-state index is 12.5. The van der Waals surface area contributed by atoms with Gasteiger partial charge in [0, 0.05) is 29.2 Å². The molecule has 3 aromatic rings. The monoisotopic (exact) mass is 384 g/mol. The van der Waals surface area contributed by atoms with Crippen LogP contribution in [0.3, 0.4) is 0 Å². The van der Waals surface area contributed by atoms with Crippen molar-refractivity contribution in [3.8, 4) is 0 Å². The van der Waals surface area contributed by atoms with Gasteiger partial charge in [0.05, 0.1) is 0 Å². The average molecular weight is 384 g/mol. The Morgan fingerprint density at radius 2 is 1.55 bits per heavy atom. The molecule has 0 saturated heterocycles. The zero-order valence-corrected chi connectivity index (χ0v) is 16.8. The smallest absolute Gasteiger partial charge is 0.255 e. The zero-order chi connectivity index (χ0) is 20.9. The fourth-order valence-electron chi connectivity index (χ4n) is 2.79. The first-order valence-corrected chi connectivity index (χ1v) is 9.47. The minimum Gasteiger partial charge on any atom is -0.322 e. The van der Waals surface area contributed by atoms with Crippen molar-refractivity contribution in [2.75, 3.05) is 5.32 Å². The van der Waals surface area contributed by atoms with Crippen molar-refractivity contribution in [2.24, 2.45) is 0 Å². The highest BCUT2D eigenvalue weighted by Gasteiger charge is 2.14. The van der Waals surface area contributed by atoms with E-state index >= 15 is 0 Å². The summed E-state index contributed by atoms with van der Waals surface area (Å²) in [5.74, 6) is -0.287. The molecule has 4 heteroatoms. The van der Waals surface area contributed by atoms with Crippen molar-refractivity contribution in [2.45, 2.75) is 26.2 Å². The Kier molecular flexibility index (Phi) is 6.03. The number of pyridine rings is 1. The summed E-state index contributed by atoms with van der Waals surface area (Å²) >= 11 is 0. The van der Waals surface area contributed by atoms with E-state index in [1.54, 1.807) is 42.7 Å². The Labute approximate surface area is 171 Å². The molecule has 0 unspecified atom stereocenters. The van der Waals surface area contributed by atoms with Gasteiger partial charge in [0.25, 0.3) is 5.91 Å². The first-order chi connectivity index (χ1) is 13.8. The molecule has 0 atom stereocenters. The number of hydrogen-bond acceptors (Lipinski definition) is 3. The summed E-state index contributed by atoms with van der Waals surface area (Å²) in [4.78, 5) is 28.8. The molecular weight excluding hydrogens is 360 g/mol. The molecule has 146 valence electrons. The number of carbonyl (C=O) groups is 2. The van der Waals surface area contributed by atoms with Gasteiger partial charge in [0.15, 0.2) is 5.78 Å². The maximum Gasteiger partial charge on any atom is 0.255 e. The van der Waals surface area contributed by atoms with E-state index < -0.39 is 0 Å². The molecule has 1 heterocycles. The second kappa shape index (κ2) is 8.65. The highest BCUT2D eigenvalue weighted by molar-refractivity contribution is 6.07. The summed E-state index contributed by atoms with van der Waals surface area (Å²) in [6.45, 7) is 6.41. The molecule has 0 aliphatic rings.